The molecule has 8 heteroatoms. The second kappa shape index (κ2) is 8.54. The van der Waals surface area contributed by atoms with Crippen LogP contribution in [0, 0.1) is 5.92 Å². The summed E-state index contributed by atoms with van der Waals surface area (Å²) in [6.45, 7) is 0.572. The van der Waals surface area contributed by atoms with Crippen molar-refractivity contribution in [2.75, 3.05) is 13.1 Å². The van der Waals surface area contributed by atoms with Gasteiger partial charge in [0.25, 0.3) is 5.91 Å². The Hall–Kier alpha value is -2.38. The SMILES string of the molecule is Cl.O=C(O)C1CCN(C(=O)c2cccc(CS(=O)(=O)c3ccccc3)c2)C1. The van der Waals surface area contributed by atoms with Gasteiger partial charge in [-0.1, -0.05) is 30.3 Å². The van der Waals surface area contributed by atoms with E-state index in [2.05, 4.69) is 0 Å². The van der Waals surface area contributed by atoms with E-state index in [-0.39, 0.29) is 35.5 Å². The van der Waals surface area contributed by atoms with E-state index >= 15 is 0 Å². The predicted molar refractivity (Wildman–Crippen MR) is 103 cm³/mol. The van der Waals surface area contributed by atoms with Crippen LogP contribution in [-0.4, -0.2) is 43.4 Å². The van der Waals surface area contributed by atoms with Crippen molar-refractivity contribution in [1.29, 1.82) is 0 Å². The number of likely N-dealkylation sites (tertiary alicyclic amines) is 1. The van der Waals surface area contributed by atoms with Crippen molar-refractivity contribution >= 4 is 34.1 Å². The van der Waals surface area contributed by atoms with E-state index in [1.807, 2.05) is 0 Å². The summed E-state index contributed by atoms with van der Waals surface area (Å²) in [7, 11) is -3.50. The molecule has 1 aliphatic rings. The maximum Gasteiger partial charge on any atom is 0.308 e. The van der Waals surface area contributed by atoms with Crippen LogP contribution in [0.4, 0.5) is 0 Å². The van der Waals surface area contributed by atoms with Crippen LogP contribution in [0.3, 0.4) is 0 Å². The molecule has 1 saturated heterocycles. The standard InChI is InChI=1S/C19H19NO5S.ClH/c21-18(20-10-9-16(12-20)19(22)23)15-6-4-5-14(11-15)13-26(24,25)17-7-2-1-3-8-17;/h1-8,11,16H,9-10,12-13H2,(H,22,23);1H. The first kappa shape index (κ1) is 20.9. The van der Waals surface area contributed by atoms with Crippen LogP contribution in [0.25, 0.3) is 0 Å². The molecule has 1 unspecified atom stereocenters. The lowest BCUT2D eigenvalue weighted by Crippen LogP contribution is -2.30. The summed E-state index contributed by atoms with van der Waals surface area (Å²) >= 11 is 0. The number of carboxylic acid groups (broad SMARTS) is 1. The molecule has 144 valence electrons. The average Bonchev–Trinajstić information content (AvgIpc) is 3.12. The van der Waals surface area contributed by atoms with E-state index in [1.54, 1.807) is 54.6 Å². The van der Waals surface area contributed by atoms with Gasteiger partial charge in [0.15, 0.2) is 9.84 Å². The fourth-order valence-electron chi connectivity index (χ4n) is 3.05. The third kappa shape index (κ3) is 4.87. The smallest absolute Gasteiger partial charge is 0.308 e. The Morgan fingerprint density at radius 1 is 1.07 bits per heavy atom. The van der Waals surface area contributed by atoms with E-state index in [0.29, 0.717) is 24.1 Å². The fraction of sp³-hybridized carbons (Fsp3) is 0.263. The normalized spacial score (nSPS) is 16.6. The largest absolute Gasteiger partial charge is 0.481 e. The topological polar surface area (TPSA) is 91.8 Å². The highest BCUT2D eigenvalue weighted by atomic mass is 35.5. The number of hydrogen-bond donors (Lipinski definition) is 1. The Labute approximate surface area is 164 Å². The molecule has 1 heterocycles. The number of rotatable bonds is 5. The number of carbonyl (C=O) groups is 2. The number of aliphatic carboxylic acids is 1. The average molecular weight is 410 g/mol. The number of hydrogen-bond acceptors (Lipinski definition) is 4. The molecular formula is C19H20ClNO5S. The summed E-state index contributed by atoms with van der Waals surface area (Å²) in [6.07, 6.45) is 0.434. The van der Waals surface area contributed by atoms with Gasteiger partial charge < -0.3 is 10.0 Å². The van der Waals surface area contributed by atoms with Gasteiger partial charge in [0, 0.05) is 18.7 Å². The van der Waals surface area contributed by atoms with Gasteiger partial charge in [0.2, 0.25) is 0 Å². The van der Waals surface area contributed by atoms with Crippen LogP contribution in [-0.2, 0) is 20.4 Å². The third-order valence-electron chi connectivity index (χ3n) is 4.46. The van der Waals surface area contributed by atoms with Gasteiger partial charge in [-0.15, -0.1) is 12.4 Å². The fourth-order valence-corrected chi connectivity index (χ4v) is 4.41. The van der Waals surface area contributed by atoms with Crippen molar-refractivity contribution in [3.63, 3.8) is 0 Å². The zero-order valence-corrected chi connectivity index (χ0v) is 16.1. The summed E-state index contributed by atoms with van der Waals surface area (Å²) in [5.74, 6) is -1.91. The van der Waals surface area contributed by atoms with Crippen LogP contribution in [0.15, 0.2) is 59.5 Å². The number of amides is 1. The first-order valence-corrected chi connectivity index (χ1v) is 9.91. The minimum Gasteiger partial charge on any atom is -0.481 e. The van der Waals surface area contributed by atoms with E-state index in [0.717, 1.165) is 0 Å². The van der Waals surface area contributed by atoms with E-state index in [1.165, 1.54) is 4.90 Å². The van der Waals surface area contributed by atoms with Gasteiger partial charge in [-0.3, -0.25) is 9.59 Å². The minimum atomic E-state index is -3.50. The number of nitrogens with zero attached hydrogens (tertiary/aromatic N) is 1. The van der Waals surface area contributed by atoms with Crippen molar-refractivity contribution in [3.8, 4) is 0 Å². The highest BCUT2D eigenvalue weighted by Gasteiger charge is 2.31. The molecule has 0 aromatic heterocycles. The summed E-state index contributed by atoms with van der Waals surface area (Å²) in [6, 6.07) is 14.7. The number of sulfone groups is 1. The lowest BCUT2D eigenvalue weighted by atomic mass is 10.1. The molecule has 0 bridgehead atoms. The summed E-state index contributed by atoms with van der Waals surface area (Å²) in [5, 5.41) is 9.06. The van der Waals surface area contributed by atoms with Crippen molar-refractivity contribution in [2.24, 2.45) is 5.92 Å². The molecule has 1 aliphatic heterocycles. The molecule has 6 nitrogen and oxygen atoms in total. The summed E-state index contributed by atoms with van der Waals surface area (Å²) < 4.78 is 25.0. The number of halogens is 1. The van der Waals surface area contributed by atoms with Crippen LogP contribution in [0.2, 0.25) is 0 Å². The maximum atomic E-state index is 12.6. The molecule has 2 aromatic carbocycles. The van der Waals surface area contributed by atoms with Crippen LogP contribution in [0.1, 0.15) is 22.3 Å². The molecule has 27 heavy (non-hydrogen) atoms. The molecule has 1 N–H and O–H groups in total. The Morgan fingerprint density at radius 2 is 1.78 bits per heavy atom. The van der Waals surface area contributed by atoms with Crippen LogP contribution >= 0.6 is 12.4 Å². The van der Waals surface area contributed by atoms with Crippen LogP contribution < -0.4 is 0 Å². The van der Waals surface area contributed by atoms with Gasteiger partial charge in [-0.25, -0.2) is 8.42 Å². The van der Waals surface area contributed by atoms with Crippen molar-refractivity contribution in [2.45, 2.75) is 17.1 Å². The summed E-state index contributed by atoms with van der Waals surface area (Å²) in [5.41, 5.74) is 0.894. The first-order valence-electron chi connectivity index (χ1n) is 8.25. The van der Waals surface area contributed by atoms with E-state index in [4.69, 9.17) is 5.11 Å². The minimum absolute atomic E-state index is 0. The molecule has 0 spiro atoms. The second-order valence-electron chi connectivity index (χ2n) is 6.35. The molecule has 3 rings (SSSR count). The monoisotopic (exact) mass is 409 g/mol. The highest BCUT2D eigenvalue weighted by Crippen LogP contribution is 2.21. The molecule has 1 atom stereocenters. The van der Waals surface area contributed by atoms with Gasteiger partial charge in [-0.2, -0.15) is 0 Å². The van der Waals surface area contributed by atoms with E-state index < -0.39 is 21.7 Å². The van der Waals surface area contributed by atoms with E-state index in [9.17, 15) is 18.0 Å². The van der Waals surface area contributed by atoms with Crippen molar-refractivity contribution in [1.82, 2.24) is 4.90 Å². The van der Waals surface area contributed by atoms with Crippen LogP contribution in [0.5, 0.6) is 0 Å². The Balaban J connectivity index is 0.00000261. The first-order chi connectivity index (χ1) is 12.4. The molecule has 0 saturated carbocycles. The Bertz CT molecular complexity index is 930. The Morgan fingerprint density at radius 3 is 2.41 bits per heavy atom. The Kier molecular flexibility index (Phi) is 6.62. The highest BCUT2D eigenvalue weighted by molar-refractivity contribution is 7.90. The van der Waals surface area contributed by atoms with Gasteiger partial charge in [-0.05, 0) is 36.2 Å². The quantitative estimate of drug-likeness (QED) is 0.819. The van der Waals surface area contributed by atoms with Gasteiger partial charge in [0.05, 0.1) is 16.6 Å². The van der Waals surface area contributed by atoms with Gasteiger partial charge in [0.1, 0.15) is 0 Å². The number of carboxylic acids is 1. The number of carbonyl (C=O) groups excluding carboxylic acids is 1. The molecule has 1 fully saturated rings. The number of benzene rings is 2. The molecule has 1 amide bonds. The molecular weight excluding hydrogens is 390 g/mol. The zero-order valence-electron chi connectivity index (χ0n) is 14.4. The maximum absolute atomic E-state index is 12.6. The van der Waals surface area contributed by atoms with Crippen molar-refractivity contribution < 1.29 is 23.1 Å². The zero-order chi connectivity index (χ0) is 18.7. The summed E-state index contributed by atoms with van der Waals surface area (Å²) in [4.78, 5) is 25.4. The molecule has 0 aliphatic carbocycles. The lowest BCUT2D eigenvalue weighted by molar-refractivity contribution is -0.141. The van der Waals surface area contributed by atoms with Gasteiger partial charge >= 0.3 is 5.97 Å². The third-order valence-corrected chi connectivity index (χ3v) is 6.16. The molecule has 2 aromatic rings. The van der Waals surface area contributed by atoms with Crippen molar-refractivity contribution in [3.05, 3.63) is 65.7 Å². The lowest BCUT2D eigenvalue weighted by Gasteiger charge is -2.16. The second-order valence-corrected chi connectivity index (χ2v) is 8.34. The predicted octanol–water partition coefficient (Wildman–Crippen LogP) is 2.63. The molecule has 0 radical (unpaired) electrons.